The lowest BCUT2D eigenvalue weighted by Gasteiger charge is -2.24. The van der Waals surface area contributed by atoms with Gasteiger partial charge < -0.3 is 10.2 Å². The molecule has 1 aliphatic rings. The summed E-state index contributed by atoms with van der Waals surface area (Å²) in [5.74, 6) is 0.656. The minimum absolute atomic E-state index is 0.310. The fourth-order valence-corrected chi connectivity index (χ4v) is 4.15. The van der Waals surface area contributed by atoms with Gasteiger partial charge in [-0.2, -0.15) is 0 Å². The molecule has 0 spiro atoms. The van der Waals surface area contributed by atoms with Gasteiger partial charge >= 0.3 is 0 Å². The maximum atomic E-state index is 11.6. The van der Waals surface area contributed by atoms with Gasteiger partial charge in [0.2, 0.25) is 0 Å². The van der Waals surface area contributed by atoms with E-state index in [0.717, 1.165) is 32.5 Å². The first-order chi connectivity index (χ1) is 10.1. The highest BCUT2D eigenvalue weighted by Gasteiger charge is 2.20. The molecule has 0 aromatic heterocycles. The summed E-state index contributed by atoms with van der Waals surface area (Å²) in [5, 5.41) is 3.53. The summed E-state index contributed by atoms with van der Waals surface area (Å²) in [5.41, 5.74) is 1.31. The molecule has 21 heavy (non-hydrogen) atoms. The molecule has 1 atom stereocenters. The maximum absolute atomic E-state index is 11.6. The lowest BCUT2D eigenvalue weighted by atomic mass is 10.0. The molecule has 1 aromatic carbocycles. The van der Waals surface area contributed by atoms with E-state index in [1.165, 1.54) is 5.56 Å². The van der Waals surface area contributed by atoms with E-state index in [4.69, 9.17) is 0 Å². The highest BCUT2D eigenvalue weighted by Crippen LogP contribution is 2.17. The molecule has 1 aromatic rings. The first-order valence-electron chi connectivity index (χ1n) is 7.82. The van der Waals surface area contributed by atoms with Gasteiger partial charge in [0.15, 0.2) is 9.84 Å². The van der Waals surface area contributed by atoms with Gasteiger partial charge in [0.1, 0.15) is 0 Å². The topological polar surface area (TPSA) is 49.4 Å². The van der Waals surface area contributed by atoms with Gasteiger partial charge in [-0.25, -0.2) is 8.42 Å². The van der Waals surface area contributed by atoms with Crippen LogP contribution in [0.25, 0.3) is 0 Å². The van der Waals surface area contributed by atoms with Gasteiger partial charge in [0.05, 0.1) is 11.5 Å². The molecule has 0 amide bonds. The minimum atomic E-state index is -2.81. The Morgan fingerprint density at radius 3 is 2.67 bits per heavy atom. The van der Waals surface area contributed by atoms with E-state index < -0.39 is 9.84 Å². The molecular formula is C16H26N2O2S. The molecule has 1 N–H and O–H groups in total. The molecule has 1 heterocycles. The Labute approximate surface area is 128 Å². The predicted molar refractivity (Wildman–Crippen MR) is 87.2 cm³/mol. The number of nitrogens with zero attached hydrogens (tertiary/aromatic N) is 1. The number of hydrogen-bond acceptors (Lipinski definition) is 4. The predicted octanol–water partition coefficient (Wildman–Crippen LogP) is 1.85. The van der Waals surface area contributed by atoms with Gasteiger partial charge in [0.25, 0.3) is 0 Å². The van der Waals surface area contributed by atoms with Crippen LogP contribution < -0.4 is 5.32 Å². The Morgan fingerprint density at radius 1 is 1.19 bits per heavy atom. The number of hydrogen-bond donors (Lipinski definition) is 1. The Bertz CT molecular complexity index is 516. The number of rotatable bonds is 6. The summed E-state index contributed by atoms with van der Waals surface area (Å²) in [6, 6.07) is 10.8. The third kappa shape index (κ3) is 5.41. The highest BCUT2D eigenvalue weighted by molar-refractivity contribution is 7.91. The maximum Gasteiger partial charge on any atom is 0.151 e. The zero-order valence-corrected chi connectivity index (χ0v) is 13.6. The van der Waals surface area contributed by atoms with Crippen LogP contribution >= 0.6 is 0 Å². The van der Waals surface area contributed by atoms with Crippen LogP contribution in [0, 0.1) is 0 Å². The summed E-state index contributed by atoms with van der Waals surface area (Å²) in [6.45, 7) is 5.58. The SMILES string of the molecule is CCNC(CCN1CCCS(=O)(=O)CC1)c1ccccc1. The van der Waals surface area contributed by atoms with E-state index in [2.05, 4.69) is 41.4 Å². The quantitative estimate of drug-likeness (QED) is 0.871. The van der Waals surface area contributed by atoms with Crippen molar-refractivity contribution in [1.29, 1.82) is 0 Å². The van der Waals surface area contributed by atoms with E-state index in [1.54, 1.807) is 0 Å². The van der Waals surface area contributed by atoms with Crippen molar-refractivity contribution in [1.82, 2.24) is 10.2 Å². The van der Waals surface area contributed by atoms with Crippen molar-refractivity contribution >= 4 is 9.84 Å². The van der Waals surface area contributed by atoms with E-state index in [9.17, 15) is 8.42 Å². The molecule has 1 aliphatic heterocycles. The second-order valence-corrected chi connectivity index (χ2v) is 7.96. The standard InChI is InChI=1S/C16H26N2O2S/c1-2-17-16(15-7-4-3-5-8-15)9-11-18-10-6-13-21(19,20)14-12-18/h3-5,7-8,16-17H,2,6,9-14H2,1H3. The molecule has 4 nitrogen and oxygen atoms in total. The van der Waals surface area contributed by atoms with E-state index in [0.29, 0.717) is 24.1 Å². The third-order valence-corrected chi connectivity index (χ3v) is 5.75. The lowest BCUT2D eigenvalue weighted by Crippen LogP contribution is -2.31. The molecule has 0 saturated carbocycles. The van der Waals surface area contributed by atoms with Gasteiger partial charge in [0, 0.05) is 12.6 Å². The summed E-state index contributed by atoms with van der Waals surface area (Å²) in [6.07, 6.45) is 1.78. The zero-order valence-electron chi connectivity index (χ0n) is 12.8. The normalized spacial score (nSPS) is 20.8. The van der Waals surface area contributed by atoms with Crippen LogP contribution in [0.3, 0.4) is 0 Å². The van der Waals surface area contributed by atoms with Gasteiger partial charge in [-0.05, 0) is 38.0 Å². The molecule has 118 valence electrons. The Morgan fingerprint density at radius 2 is 1.95 bits per heavy atom. The Balaban J connectivity index is 1.90. The molecule has 2 rings (SSSR count). The van der Waals surface area contributed by atoms with Crippen LogP contribution in [-0.2, 0) is 9.84 Å². The van der Waals surface area contributed by atoms with Crippen molar-refractivity contribution in [3.8, 4) is 0 Å². The van der Waals surface area contributed by atoms with Crippen LogP contribution in [0.1, 0.15) is 31.4 Å². The number of nitrogens with one attached hydrogen (secondary N) is 1. The Kier molecular flexibility index (Phi) is 6.21. The first-order valence-corrected chi connectivity index (χ1v) is 9.64. The van der Waals surface area contributed by atoms with Crippen LogP contribution in [-0.4, -0.2) is 51.0 Å². The summed E-state index contributed by atoms with van der Waals surface area (Å²) in [7, 11) is -2.81. The molecule has 5 heteroatoms. The Hall–Kier alpha value is -0.910. The van der Waals surface area contributed by atoms with Crippen LogP contribution in [0.2, 0.25) is 0 Å². The minimum Gasteiger partial charge on any atom is -0.310 e. The molecular weight excluding hydrogens is 284 g/mol. The average molecular weight is 310 g/mol. The molecule has 0 aliphatic carbocycles. The van der Waals surface area contributed by atoms with Gasteiger partial charge in [-0.15, -0.1) is 0 Å². The highest BCUT2D eigenvalue weighted by atomic mass is 32.2. The third-order valence-electron chi connectivity index (χ3n) is 4.03. The second-order valence-electron chi connectivity index (χ2n) is 5.66. The lowest BCUT2D eigenvalue weighted by molar-refractivity contribution is 0.275. The van der Waals surface area contributed by atoms with Crippen molar-refractivity contribution in [2.45, 2.75) is 25.8 Å². The molecule has 0 radical (unpaired) electrons. The fraction of sp³-hybridized carbons (Fsp3) is 0.625. The van der Waals surface area contributed by atoms with Crippen LogP contribution in [0.15, 0.2) is 30.3 Å². The summed E-state index contributed by atoms with van der Waals surface area (Å²) >= 11 is 0. The zero-order chi connectivity index (χ0) is 15.1. The first kappa shape index (κ1) is 16.5. The average Bonchev–Trinajstić information content (AvgIpc) is 2.65. The van der Waals surface area contributed by atoms with Crippen molar-refractivity contribution in [2.75, 3.05) is 37.7 Å². The number of sulfone groups is 1. The molecule has 1 unspecified atom stereocenters. The fourth-order valence-electron chi connectivity index (χ4n) is 2.84. The second kappa shape index (κ2) is 7.92. The van der Waals surface area contributed by atoms with E-state index >= 15 is 0 Å². The van der Waals surface area contributed by atoms with Gasteiger partial charge in [-0.1, -0.05) is 37.3 Å². The molecule has 1 saturated heterocycles. The van der Waals surface area contributed by atoms with Crippen molar-refractivity contribution in [3.05, 3.63) is 35.9 Å². The van der Waals surface area contributed by atoms with Crippen LogP contribution in [0.4, 0.5) is 0 Å². The van der Waals surface area contributed by atoms with Crippen molar-refractivity contribution in [3.63, 3.8) is 0 Å². The number of benzene rings is 1. The largest absolute Gasteiger partial charge is 0.310 e. The monoisotopic (exact) mass is 310 g/mol. The van der Waals surface area contributed by atoms with Gasteiger partial charge in [-0.3, -0.25) is 0 Å². The van der Waals surface area contributed by atoms with Crippen molar-refractivity contribution in [2.24, 2.45) is 0 Å². The smallest absolute Gasteiger partial charge is 0.151 e. The van der Waals surface area contributed by atoms with Crippen LogP contribution in [0.5, 0.6) is 0 Å². The van der Waals surface area contributed by atoms with Crippen molar-refractivity contribution < 1.29 is 8.42 Å². The summed E-state index contributed by atoms with van der Waals surface area (Å²) in [4.78, 5) is 2.29. The summed E-state index contributed by atoms with van der Waals surface area (Å²) < 4.78 is 23.3. The molecule has 0 bridgehead atoms. The van der Waals surface area contributed by atoms with E-state index in [1.807, 2.05) is 6.07 Å². The van der Waals surface area contributed by atoms with E-state index in [-0.39, 0.29) is 0 Å². The molecule has 1 fully saturated rings.